The van der Waals surface area contributed by atoms with Crippen molar-refractivity contribution in [3.05, 3.63) is 35.6 Å². The molecule has 1 aliphatic heterocycles. The maximum atomic E-state index is 12.8. The molecule has 6 heteroatoms. The third kappa shape index (κ3) is 6.59. The Hall–Kier alpha value is -0.0600. The highest BCUT2D eigenvalue weighted by molar-refractivity contribution is 6.17. The first kappa shape index (κ1) is 19.9. The van der Waals surface area contributed by atoms with Crippen LogP contribution >= 0.6 is 36.4 Å². The summed E-state index contributed by atoms with van der Waals surface area (Å²) in [5.41, 5.74) is 1.19. The molecule has 0 aliphatic carbocycles. The topological polar surface area (TPSA) is 6.48 Å². The molecule has 1 aromatic rings. The molecule has 0 N–H and O–H groups in total. The van der Waals surface area contributed by atoms with Crippen LogP contribution in [0, 0.1) is 5.82 Å². The van der Waals surface area contributed by atoms with Crippen molar-refractivity contribution in [3.63, 3.8) is 0 Å². The number of hydrogen-bond donors (Lipinski definition) is 0. The first-order valence-electron chi connectivity index (χ1n) is 6.53. The minimum absolute atomic E-state index is 0. The van der Waals surface area contributed by atoms with E-state index in [4.69, 9.17) is 11.6 Å². The normalized spacial score (nSPS) is 16.3. The number of benzene rings is 1. The van der Waals surface area contributed by atoms with Crippen LogP contribution in [0.15, 0.2) is 24.3 Å². The molecule has 0 saturated carbocycles. The predicted molar refractivity (Wildman–Crippen MR) is 88.0 cm³/mol. The molecule has 1 heterocycles. The van der Waals surface area contributed by atoms with Gasteiger partial charge in [0.05, 0.1) is 0 Å². The molecule has 2 rings (SSSR count). The van der Waals surface area contributed by atoms with Crippen molar-refractivity contribution in [1.29, 1.82) is 0 Å². The Bertz CT molecular complexity index is 354. The molecule has 1 fully saturated rings. The van der Waals surface area contributed by atoms with E-state index >= 15 is 0 Å². The molecule has 0 bridgehead atoms. The average molecular weight is 344 g/mol. The Morgan fingerprint density at radius 3 is 2.05 bits per heavy atom. The van der Waals surface area contributed by atoms with Crippen LogP contribution in [-0.2, 0) is 6.54 Å². The summed E-state index contributed by atoms with van der Waals surface area (Å²) in [5, 5.41) is 0. The summed E-state index contributed by atoms with van der Waals surface area (Å²) >= 11 is 5.70. The van der Waals surface area contributed by atoms with Gasteiger partial charge in [0.1, 0.15) is 5.82 Å². The second-order valence-electron chi connectivity index (χ2n) is 4.79. The summed E-state index contributed by atoms with van der Waals surface area (Å²) in [6, 6.07) is 6.81. The molecule has 116 valence electrons. The van der Waals surface area contributed by atoms with E-state index in [0.717, 1.165) is 51.6 Å². The standard InChI is InChI=1S/C14H20ClFN2.2ClH/c15-6-1-7-17-8-10-18(11-9-17)12-13-2-4-14(16)5-3-13;;/h2-5H,1,6-12H2;2*1H. The van der Waals surface area contributed by atoms with Gasteiger partial charge in [-0.3, -0.25) is 4.90 Å². The van der Waals surface area contributed by atoms with Gasteiger partial charge in [-0.05, 0) is 30.7 Å². The number of halogens is 4. The molecular weight excluding hydrogens is 322 g/mol. The van der Waals surface area contributed by atoms with Crippen LogP contribution < -0.4 is 0 Å². The lowest BCUT2D eigenvalue weighted by atomic mass is 10.2. The molecule has 1 saturated heterocycles. The maximum Gasteiger partial charge on any atom is 0.123 e. The first-order chi connectivity index (χ1) is 8.78. The van der Waals surface area contributed by atoms with Crippen molar-refractivity contribution in [2.45, 2.75) is 13.0 Å². The van der Waals surface area contributed by atoms with E-state index in [-0.39, 0.29) is 30.6 Å². The highest BCUT2D eigenvalue weighted by atomic mass is 35.5. The third-order valence-corrected chi connectivity index (χ3v) is 3.66. The molecule has 0 unspecified atom stereocenters. The van der Waals surface area contributed by atoms with Crippen molar-refractivity contribution >= 4 is 36.4 Å². The number of alkyl halides is 1. The smallest absolute Gasteiger partial charge is 0.123 e. The van der Waals surface area contributed by atoms with Gasteiger partial charge in [-0.2, -0.15) is 0 Å². The minimum Gasteiger partial charge on any atom is -0.301 e. The molecular formula is C14H22Cl3FN2. The summed E-state index contributed by atoms with van der Waals surface area (Å²) in [6.07, 6.45) is 1.07. The summed E-state index contributed by atoms with van der Waals surface area (Å²) in [4.78, 5) is 4.88. The highest BCUT2D eigenvalue weighted by Gasteiger charge is 2.16. The quantitative estimate of drug-likeness (QED) is 0.756. The Balaban J connectivity index is 0.00000180. The fourth-order valence-corrected chi connectivity index (χ4v) is 2.42. The summed E-state index contributed by atoms with van der Waals surface area (Å²) in [5.74, 6) is 0.583. The lowest BCUT2D eigenvalue weighted by Gasteiger charge is -2.34. The maximum absolute atomic E-state index is 12.8. The van der Waals surface area contributed by atoms with Gasteiger partial charge in [0, 0.05) is 38.6 Å². The molecule has 0 aromatic heterocycles. The number of nitrogens with zero attached hydrogens (tertiary/aromatic N) is 2. The number of hydrogen-bond acceptors (Lipinski definition) is 2. The number of rotatable bonds is 5. The van der Waals surface area contributed by atoms with Crippen LogP contribution in [0.4, 0.5) is 4.39 Å². The Morgan fingerprint density at radius 2 is 1.50 bits per heavy atom. The summed E-state index contributed by atoms with van der Waals surface area (Å²) in [7, 11) is 0. The Kier molecular flexibility index (Phi) is 10.6. The van der Waals surface area contributed by atoms with Crippen LogP contribution in [0.1, 0.15) is 12.0 Å². The lowest BCUT2D eigenvalue weighted by molar-refractivity contribution is 0.127. The second-order valence-corrected chi connectivity index (χ2v) is 5.16. The Labute approximate surface area is 138 Å². The zero-order chi connectivity index (χ0) is 12.8. The SMILES string of the molecule is Cl.Cl.Fc1ccc(CN2CCN(CCCCl)CC2)cc1. The van der Waals surface area contributed by atoms with Crippen LogP contribution in [-0.4, -0.2) is 48.4 Å². The third-order valence-electron chi connectivity index (χ3n) is 3.39. The molecule has 20 heavy (non-hydrogen) atoms. The molecule has 0 spiro atoms. The number of piperazine rings is 1. The van der Waals surface area contributed by atoms with E-state index in [0.29, 0.717) is 0 Å². The van der Waals surface area contributed by atoms with Gasteiger partial charge in [0.25, 0.3) is 0 Å². The van der Waals surface area contributed by atoms with Crippen LogP contribution in [0.25, 0.3) is 0 Å². The first-order valence-corrected chi connectivity index (χ1v) is 7.06. The van der Waals surface area contributed by atoms with Gasteiger partial charge in [0.2, 0.25) is 0 Å². The molecule has 1 aliphatic rings. The summed E-state index contributed by atoms with van der Waals surface area (Å²) in [6.45, 7) is 6.41. The zero-order valence-electron chi connectivity index (χ0n) is 11.4. The van der Waals surface area contributed by atoms with Crippen LogP contribution in [0.3, 0.4) is 0 Å². The van der Waals surface area contributed by atoms with E-state index in [1.54, 1.807) is 0 Å². The minimum atomic E-state index is -0.162. The summed E-state index contributed by atoms with van der Waals surface area (Å²) < 4.78 is 12.8. The van der Waals surface area contributed by atoms with Gasteiger partial charge in [0.15, 0.2) is 0 Å². The second kappa shape index (κ2) is 10.6. The Morgan fingerprint density at radius 1 is 0.950 bits per heavy atom. The van der Waals surface area contributed by atoms with Crippen LogP contribution in [0.5, 0.6) is 0 Å². The average Bonchev–Trinajstić information content (AvgIpc) is 2.41. The lowest BCUT2D eigenvalue weighted by Crippen LogP contribution is -2.46. The molecule has 1 aromatic carbocycles. The van der Waals surface area contributed by atoms with E-state index in [1.807, 2.05) is 12.1 Å². The van der Waals surface area contributed by atoms with Gasteiger partial charge in [-0.1, -0.05) is 12.1 Å². The van der Waals surface area contributed by atoms with Crippen molar-refractivity contribution < 1.29 is 4.39 Å². The highest BCUT2D eigenvalue weighted by Crippen LogP contribution is 2.09. The van der Waals surface area contributed by atoms with Gasteiger partial charge in [-0.15, -0.1) is 36.4 Å². The monoisotopic (exact) mass is 342 g/mol. The van der Waals surface area contributed by atoms with E-state index in [9.17, 15) is 4.39 Å². The fraction of sp³-hybridized carbons (Fsp3) is 0.571. The van der Waals surface area contributed by atoms with Crippen molar-refractivity contribution in [2.24, 2.45) is 0 Å². The van der Waals surface area contributed by atoms with Crippen molar-refractivity contribution in [3.8, 4) is 0 Å². The van der Waals surface area contributed by atoms with E-state index in [2.05, 4.69) is 9.80 Å². The van der Waals surface area contributed by atoms with Crippen molar-refractivity contribution in [1.82, 2.24) is 9.80 Å². The molecule has 2 nitrogen and oxygen atoms in total. The van der Waals surface area contributed by atoms with E-state index in [1.165, 1.54) is 17.7 Å². The van der Waals surface area contributed by atoms with Crippen molar-refractivity contribution in [2.75, 3.05) is 38.6 Å². The molecule has 0 amide bonds. The zero-order valence-corrected chi connectivity index (χ0v) is 13.8. The fourth-order valence-electron chi connectivity index (χ4n) is 2.30. The van der Waals surface area contributed by atoms with Crippen LogP contribution in [0.2, 0.25) is 0 Å². The molecule has 0 atom stereocenters. The molecule has 0 radical (unpaired) electrons. The van der Waals surface area contributed by atoms with Gasteiger partial charge >= 0.3 is 0 Å². The predicted octanol–water partition coefficient (Wildman–Crippen LogP) is 3.42. The van der Waals surface area contributed by atoms with E-state index < -0.39 is 0 Å². The largest absolute Gasteiger partial charge is 0.301 e. The van der Waals surface area contributed by atoms with Gasteiger partial charge in [-0.25, -0.2) is 4.39 Å². The van der Waals surface area contributed by atoms with Gasteiger partial charge < -0.3 is 4.90 Å².